The summed E-state index contributed by atoms with van der Waals surface area (Å²) in [5.41, 5.74) is 13.2. The van der Waals surface area contributed by atoms with E-state index in [9.17, 15) is 8.42 Å². The van der Waals surface area contributed by atoms with Gasteiger partial charge in [-0.05, 0) is 43.9 Å². The first-order valence-corrected chi connectivity index (χ1v) is 13.8. The number of nitrogens with two attached hydrogens (primary N) is 3. The smallest absolute Gasteiger partial charge is 0.209 e. The number of fused-ring (bicyclic) bond motifs is 3. The first kappa shape index (κ1) is 27.1. The van der Waals surface area contributed by atoms with Gasteiger partial charge in [0.2, 0.25) is 10.0 Å². The van der Waals surface area contributed by atoms with E-state index >= 15 is 0 Å². The molecule has 0 radical (unpaired) electrons. The lowest BCUT2D eigenvalue weighted by molar-refractivity contribution is 0.124. The number of ether oxygens (including phenoxy) is 2. The fraction of sp³-hybridized carbons (Fsp3) is 0.583. The van der Waals surface area contributed by atoms with Crippen LogP contribution >= 0.6 is 0 Å². The predicted molar refractivity (Wildman–Crippen MR) is 140 cm³/mol. The van der Waals surface area contributed by atoms with Gasteiger partial charge in [0.05, 0.1) is 23.4 Å². The molecule has 2 heterocycles. The van der Waals surface area contributed by atoms with Crippen LogP contribution in [0.1, 0.15) is 52.3 Å². The van der Waals surface area contributed by atoms with E-state index in [1.165, 1.54) is 0 Å². The first-order valence-electron chi connectivity index (χ1n) is 12.0. The van der Waals surface area contributed by atoms with Crippen molar-refractivity contribution < 1.29 is 17.9 Å². The highest BCUT2D eigenvalue weighted by Crippen LogP contribution is 2.33. The first-order chi connectivity index (χ1) is 16.5. The maximum absolute atomic E-state index is 11.8. The van der Waals surface area contributed by atoms with Gasteiger partial charge < -0.3 is 25.5 Å². The Bertz CT molecular complexity index is 1260. The molecule has 0 atom stereocenters. The van der Waals surface area contributed by atoms with E-state index in [4.69, 9.17) is 31.1 Å². The third-order valence-electron chi connectivity index (χ3n) is 5.74. The van der Waals surface area contributed by atoms with Gasteiger partial charge in [-0.25, -0.2) is 23.5 Å². The lowest BCUT2D eigenvalue weighted by atomic mass is 9.96. The average Bonchev–Trinajstić information content (AvgIpc) is 3.11. The number of primary sulfonamides is 1. The fourth-order valence-electron chi connectivity index (χ4n) is 4.31. The standard InChI is InChI=1S/C24H38N6O4S/c1-4-33-14-20-29-21-22(30(20)15-24(2,3)16-35(27,31)32)18-10-9-17(13-19(18)28-23(21)26)34-12-8-6-5-7-11-25/h9-10,13H,4-8,11-12,14-16,25H2,1-3H3,(H2,26,28)(H2,27,31,32). The van der Waals surface area contributed by atoms with E-state index in [2.05, 4.69) is 4.98 Å². The minimum atomic E-state index is -3.67. The summed E-state index contributed by atoms with van der Waals surface area (Å²) < 4.78 is 37.2. The predicted octanol–water partition coefficient (Wildman–Crippen LogP) is 2.92. The van der Waals surface area contributed by atoms with Crippen LogP contribution in [-0.4, -0.2) is 48.5 Å². The Kier molecular flexibility index (Phi) is 8.92. The molecule has 194 valence electrons. The molecule has 2 aromatic heterocycles. The van der Waals surface area contributed by atoms with Gasteiger partial charge in [-0.15, -0.1) is 0 Å². The van der Waals surface area contributed by atoms with Crippen LogP contribution in [0.4, 0.5) is 5.82 Å². The van der Waals surface area contributed by atoms with Crippen LogP contribution in [0.25, 0.3) is 21.9 Å². The number of sulfonamides is 1. The summed E-state index contributed by atoms with van der Waals surface area (Å²) in [4.78, 5) is 9.29. The molecule has 0 aliphatic heterocycles. The van der Waals surface area contributed by atoms with Crippen molar-refractivity contribution in [3.05, 3.63) is 24.0 Å². The van der Waals surface area contributed by atoms with Gasteiger partial charge in [-0.3, -0.25) is 0 Å². The highest BCUT2D eigenvalue weighted by atomic mass is 32.2. The molecule has 0 bridgehead atoms. The van der Waals surface area contributed by atoms with Crippen molar-refractivity contribution in [3.8, 4) is 5.75 Å². The second-order valence-corrected chi connectivity index (χ2v) is 11.3. The van der Waals surface area contributed by atoms with Crippen LogP contribution in [-0.2, 0) is 27.9 Å². The number of pyridine rings is 1. The van der Waals surface area contributed by atoms with Gasteiger partial charge in [0, 0.05) is 24.6 Å². The number of rotatable bonds is 14. The molecule has 0 aliphatic rings. The van der Waals surface area contributed by atoms with E-state index in [0.29, 0.717) is 42.4 Å². The Morgan fingerprint density at radius 1 is 1.11 bits per heavy atom. The lowest BCUT2D eigenvalue weighted by Crippen LogP contribution is -2.33. The van der Waals surface area contributed by atoms with Gasteiger partial charge in [-0.2, -0.15) is 0 Å². The molecule has 10 nitrogen and oxygen atoms in total. The second kappa shape index (κ2) is 11.5. The number of aromatic nitrogens is 3. The number of benzene rings is 1. The Labute approximate surface area is 207 Å². The molecule has 0 fully saturated rings. The molecule has 0 saturated heterocycles. The van der Waals surface area contributed by atoms with E-state index in [1.807, 2.05) is 43.5 Å². The van der Waals surface area contributed by atoms with Gasteiger partial charge in [0.1, 0.15) is 23.7 Å². The molecule has 0 spiro atoms. The van der Waals surface area contributed by atoms with Crippen LogP contribution in [0, 0.1) is 5.41 Å². The van der Waals surface area contributed by atoms with E-state index in [1.54, 1.807) is 0 Å². The molecule has 3 rings (SSSR count). The van der Waals surface area contributed by atoms with E-state index in [-0.39, 0.29) is 12.4 Å². The number of unbranched alkanes of at least 4 members (excludes halogenated alkanes) is 3. The summed E-state index contributed by atoms with van der Waals surface area (Å²) in [5, 5.41) is 6.21. The Hall–Kier alpha value is -2.47. The SMILES string of the molecule is CCOCc1nc2c(N)nc3cc(OCCCCCCN)ccc3c2n1CC(C)(C)CS(N)(=O)=O. The van der Waals surface area contributed by atoms with Gasteiger partial charge in [-0.1, -0.05) is 26.7 Å². The van der Waals surface area contributed by atoms with Crippen molar-refractivity contribution >= 4 is 37.8 Å². The highest BCUT2D eigenvalue weighted by molar-refractivity contribution is 7.89. The summed E-state index contributed by atoms with van der Waals surface area (Å²) in [7, 11) is -3.67. The third kappa shape index (κ3) is 7.26. The quantitative estimate of drug-likeness (QED) is 0.281. The zero-order valence-electron chi connectivity index (χ0n) is 20.9. The van der Waals surface area contributed by atoms with Crippen molar-refractivity contribution in [2.45, 2.75) is 59.6 Å². The maximum atomic E-state index is 11.8. The number of nitrogens with zero attached hydrogens (tertiary/aromatic N) is 3. The molecule has 3 aromatic rings. The van der Waals surface area contributed by atoms with Gasteiger partial charge in [0.25, 0.3) is 0 Å². The Balaban J connectivity index is 2.00. The molecule has 0 saturated carbocycles. The summed E-state index contributed by atoms with van der Waals surface area (Å²) in [6, 6.07) is 5.73. The minimum Gasteiger partial charge on any atom is -0.494 e. The van der Waals surface area contributed by atoms with Crippen molar-refractivity contribution in [2.75, 3.05) is 31.2 Å². The van der Waals surface area contributed by atoms with Crippen LogP contribution in [0.15, 0.2) is 18.2 Å². The number of anilines is 1. The molecular weight excluding hydrogens is 468 g/mol. The van der Waals surface area contributed by atoms with E-state index in [0.717, 1.165) is 48.9 Å². The molecule has 0 amide bonds. The summed E-state index contributed by atoms with van der Waals surface area (Å²) >= 11 is 0. The summed E-state index contributed by atoms with van der Waals surface area (Å²) in [6.07, 6.45) is 4.16. The zero-order valence-corrected chi connectivity index (χ0v) is 21.7. The Morgan fingerprint density at radius 2 is 1.86 bits per heavy atom. The average molecular weight is 507 g/mol. The number of nitrogen functional groups attached to an aromatic ring is 1. The van der Waals surface area contributed by atoms with E-state index < -0.39 is 15.4 Å². The van der Waals surface area contributed by atoms with Crippen LogP contribution < -0.4 is 21.3 Å². The monoisotopic (exact) mass is 506 g/mol. The lowest BCUT2D eigenvalue weighted by Gasteiger charge is -2.25. The Morgan fingerprint density at radius 3 is 2.54 bits per heavy atom. The van der Waals surface area contributed by atoms with Gasteiger partial charge in [0.15, 0.2) is 5.82 Å². The summed E-state index contributed by atoms with van der Waals surface area (Å²) in [5.74, 6) is 1.50. The third-order valence-corrected chi connectivity index (χ3v) is 6.92. The van der Waals surface area contributed by atoms with Crippen molar-refractivity contribution in [3.63, 3.8) is 0 Å². The minimum absolute atomic E-state index is 0.171. The van der Waals surface area contributed by atoms with Crippen molar-refractivity contribution in [2.24, 2.45) is 16.3 Å². The normalized spacial score (nSPS) is 12.6. The van der Waals surface area contributed by atoms with Crippen molar-refractivity contribution in [1.82, 2.24) is 14.5 Å². The second-order valence-electron chi connectivity index (χ2n) is 9.65. The number of imidazole rings is 1. The molecule has 0 aliphatic carbocycles. The van der Waals surface area contributed by atoms with Crippen LogP contribution in [0.3, 0.4) is 0 Å². The molecule has 6 N–H and O–H groups in total. The zero-order chi connectivity index (χ0) is 25.6. The topological polar surface area (TPSA) is 161 Å². The highest BCUT2D eigenvalue weighted by Gasteiger charge is 2.28. The largest absolute Gasteiger partial charge is 0.494 e. The molecule has 35 heavy (non-hydrogen) atoms. The molecule has 0 unspecified atom stereocenters. The maximum Gasteiger partial charge on any atom is 0.209 e. The molecule has 1 aromatic carbocycles. The van der Waals surface area contributed by atoms with Crippen LogP contribution in [0.5, 0.6) is 5.75 Å². The fourth-order valence-corrected chi connectivity index (χ4v) is 5.49. The summed E-state index contributed by atoms with van der Waals surface area (Å²) in [6.45, 7) is 8.11. The molecule has 11 heteroatoms. The van der Waals surface area contributed by atoms with Gasteiger partial charge >= 0.3 is 0 Å². The van der Waals surface area contributed by atoms with Crippen LogP contribution in [0.2, 0.25) is 0 Å². The molecular formula is C24H38N6O4S. The number of hydrogen-bond acceptors (Lipinski definition) is 8. The van der Waals surface area contributed by atoms with Crippen molar-refractivity contribution in [1.29, 1.82) is 0 Å². The number of hydrogen-bond donors (Lipinski definition) is 3.